The molecule has 1 aliphatic carbocycles. The van der Waals surface area contributed by atoms with Crippen molar-refractivity contribution >= 4 is 11.8 Å². The van der Waals surface area contributed by atoms with Gasteiger partial charge in [-0.1, -0.05) is 0 Å². The van der Waals surface area contributed by atoms with Gasteiger partial charge in [-0.25, -0.2) is 8.78 Å². The molecule has 1 fully saturated rings. The SMILES string of the molecule is O=C(O)CCC(NC1CC1)C(=O)c1cc(F)ccc1F. The van der Waals surface area contributed by atoms with Crippen LogP contribution in [0.2, 0.25) is 0 Å². The average molecular weight is 283 g/mol. The van der Waals surface area contributed by atoms with Gasteiger partial charge in [-0.2, -0.15) is 0 Å². The Balaban J connectivity index is 2.15. The highest BCUT2D eigenvalue weighted by atomic mass is 19.1. The van der Waals surface area contributed by atoms with Crippen molar-refractivity contribution in [2.24, 2.45) is 0 Å². The van der Waals surface area contributed by atoms with Crippen LogP contribution in [0.5, 0.6) is 0 Å². The summed E-state index contributed by atoms with van der Waals surface area (Å²) in [6.07, 6.45) is 1.67. The largest absolute Gasteiger partial charge is 0.481 e. The van der Waals surface area contributed by atoms with Gasteiger partial charge in [-0.05, 0) is 37.5 Å². The van der Waals surface area contributed by atoms with E-state index in [1.165, 1.54) is 0 Å². The fourth-order valence-electron chi connectivity index (χ4n) is 1.97. The van der Waals surface area contributed by atoms with Crippen molar-refractivity contribution in [2.75, 3.05) is 0 Å². The Hall–Kier alpha value is -1.82. The van der Waals surface area contributed by atoms with Crippen LogP contribution in [0.3, 0.4) is 0 Å². The summed E-state index contributed by atoms with van der Waals surface area (Å²) < 4.78 is 26.7. The van der Waals surface area contributed by atoms with Gasteiger partial charge in [-0.15, -0.1) is 0 Å². The second kappa shape index (κ2) is 6.09. The molecule has 0 spiro atoms. The molecule has 1 atom stereocenters. The van der Waals surface area contributed by atoms with Gasteiger partial charge >= 0.3 is 5.97 Å². The van der Waals surface area contributed by atoms with Gasteiger partial charge < -0.3 is 10.4 Å². The number of rotatable bonds is 7. The van der Waals surface area contributed by atoms with Crippen molar-refractivity contribution in [3.05, 3.63) is 35.4 Å². The highest BCUT2D eigenvalue weighted by molar-refractivity contribution is 6.00. The predicted octanol–water partition coefficient (Wildman–Crippen LogP) is 2.13. The Kier molecular flexibility index (Phi) is 4.44. The Morgan fingerprint density at radius 2 is 2.05 bits per heavy atom. The number of nitrogens with one attached hydrogen (secondary N) is 1. The van der Waals surface area contributed by atoms with Crippen LogP contribution in [0.15, 0.2) is 18.2 Å². The molecule has 0 bridgehead atoms. The number of hydrogen-bond donors (Lipinski definition) is 2. The van der Waals surface area contributed by atoms with E-state index in [9.17, 15) is 18.4 Å². The van der Waals surface area contributed by atoms with Crippen LogP contribution in [-0.2, 0) is 4.79 Å². The molecule has 1 unspecified atom stereocenters. The molecule has 1 saturated carbocycles. The summed E-state index contributed by atoms with van der Waals surface area (Å²) in [5, 5.41) is 11.7. The van der Waals surface area contributed by atoms with Crippen LogP contribution in [0.1, 0.15) is 36.0 Å². The van der Waals surface area contributed by atoms with Gasteiger partial charge in [0.2, 0.25) is 0 Å². The van der Waals surface area contributed by atoms with Crippen molar-refractivity contribution in [1.82, 2.24) is 5.32 Å². The third-order valence-electron chi connectivity index (χ3n) is 3.17. The van der Waals surface area contributed by atoms with E-state index in [-0.39, 0.29) is 24.4 Å². The van der Waals surface area contributed by atoms with Crippen molar-refractivity contribution in [1.29, 1.82) is 0 Å². The van der Waals surface area contributed by atoms with Crippen LogP contribution in [0.25, 0.3) is 0 Å². The molecule has 2 N–H and O–H groups in total. The van der Waals surface area contributed by atoms with E-state index in [4.69, 9.17) is 5.11 Å². The molecule has 0 aromatic heterocycles. The lowest BCUT2D eigenvalue weighted by atomic mass is 9.99. The molecule has 108 valence electrons. The number of carboxylic acids is 1. The number of benzene rings is 1. The van der Waals surface area contributed by atoms with Gasteiger partial charge in [0.05, 0.1) is 11.6 Å². The lowest BCUT2D eigenvalue weighted by Crippen LogP contribution is -2.39. The molecule has 0 amide bonds. The van der Waals surface area contributed by atoms with Crippen molar-refractivity contribution in [2.45, 2.75) is 37.8 Å². The standard InChI is InChI=1S/C14H15F2NO3/c15-8-1-4-11(16)10(7-8)14(20)12(5-6-13(18)19)17-9-2-3-9/h1,4,7,9,12,17H,2-3,5-6H2,(H,18,19). The van der Waals surface area contributed by atoms with Gasteiger partial charge in [0.1, 0.15) is 11.6 Å². The second-order valence-corrected chi connectivity index (χ2v) is 4.91. The summed E-state index contributed by atoms with van der Waals surface area (Å²) in [5.74, 6) is -3.12. The van der Waals surface area contributed by atoms with E-state index in [0.717, 1.165) is 31.0 Å². The van der Waals surface area contributed by atoms with Gasteiger partial charge in [0.25, 0.3) is 0 Å². The number of hydrogen-bond acceptors (Lipinski definition) is 3. The molecular weight excluding hydrogens is 268 g/mol. The average Bonchev–Trinajstić information content (AvgIpc) is 3.20. The molecule has 2 rings (SSSR count). The Morgan fingerprint density at radius 3 is 2.65 bits per heavy atom. The summed E-state index contributed by atoms with van der Waals surface area (Å²) in [7, 11) is 0. The summed E-state index contributed by atoms with van der Waals surface area (Å²) in [4.78, 5) is 22.8. The first kappa shape index (κ1) is 14.6. The number of Topliss-reactive ketones (excluding diaryl/α,β-unsaturated/α-hetero) is 1. The molecular formula is C14H15F2NO3. The molecule has 0 heterocycles. The fraction of sp³-hybridized carbons (Fsp3) is 0.429. The number of ketones is 1. The minimum absolute atomic E-state index is 0.0562. The first-order valence-corrected chi connectivity index (χ1v) is 6.44. The number of carboxylic acid groups (broad SMARTS) is 1. The van der Waals surface area contributed by atoms with Crippen LogP contribution >= 0.6 is 0 Å². The zero-order valence-corrected chi connectivity index (χ0v) is 10.7. The Labute approximate surface area is 114 Å². The summed E-state index contributed by atoms with van der Waals surface area (Å²) in [6, 6.07) is 2.05. The summed E-state index contributed by atoms with van der Waals surface area (Å²) >= 11 is 0. The lowest BCUT2D eigenvalue weighted by Gasteiger charge is -2.17. The fourth-order valence-corrected chi connectivity index (χ4v) is 1.97. The molecule has 4 nitrogen and oxygen atoms in total. The van der Waals surface area contributed by atoms with Crippen LogP contribution in [0, 0.1) is 11.6 Å². The third kappa shape index (κ3) is 3.84. The monoisotopic (exact) mass is 283 g/mol. The predicted molar refractivity (Wildman–Crippen MR) is 67.5 cm³/mol. The zero-order valence-electron chi connectivity index (χ0n) is 10.7. The van der Waals surface area contributed by atoms with E-state index in [1.54, 1.807) is 0 Å². The smallest absolute Gasteiger partial charge is 0.303 e. The quantitative estimate of drug-likeness (QED) is 0.752. The third-order valence-corrected chi connectivity index (χ3v) is 3.17. The van der Waals surface area contributed by atoms with Crippen molar-refractivity contribution < 1.29 is 23.5 Å². The topological polar surface area (TPSA) is 66.4 Å². The van der Waals surface area contributed by atoms with Crippen molar-refractivity contribution in [3.63, 3.8) is 0 Å². The highest BCUT2D eigenvalue weighted by Gasteiger charge is 2.30. The molecule has 0 saturated heterocycles. The lowest BCUT2D eigenvalue weighted by molar-refractivity contribution is -0.137. The second-order valence-electron chi connectivity index (χ2n) is 4.91. The van der Waals surface area contributed by atoms with Crippen LogP contribution < -0.4 is 5.32 Å². The summed E-state index contributed by atoms with van der Waals surface area (Å²) in [5.41, 5.74) is -0.339. The highest BCUT2D eigenvalue weighted by Crippen LogP contribution is 2.22. The van der Waals surface area contributed by atoms with Crippen LogP contribution in [0.4, 0.5) is 8.78 Å². The molecule has 20 heavy (non-hydrogen) atoms. The zero-order chi connectivity index (χ0) is 14.7. The molecule has 1 aromatic carbocycles. The van der Waals surface area contributed by atoms with E-state index >= 15 is 0 Å². The van der Waals surface area contributed by atoms with E-state index in [0.29, 0.717) is 0 Å². The Morgan fingerprint density at radius 1 is 1.35 bits per heavy atom. The molecule has 0 aliphatic heterocycles. The maximum Gasteiger partial charge on any atom is 0.303 e. The number of carbonyl (C=O) groups is 2. The first-order chi connectivity index (χ1) is 9.47. The maximum atomic E-state index is 13.6. The minimum atomic E-state index is -1.03. The van der Waals surface area contributed by atoms with Crippen molar-refractivity contribution in [3.8, 4) is 0 Å². The minimum Gasteiger partial charge on any atom is -0.481 e. The number of carbonyl (C=O) groups excluding carboxylic acids is 1. The maximum absolute atomic E-state index is 13.6. The molecule has 1 aromatic rings. The van der Waals surface area contributed by atoms with E-state index in [2.05, 4.69) is 5.32 Å². The first-order valence-electron chi connectivity index (χ1n) is 6.44. The summed E-state index contributed by atoms with van der Waals surface area (Å²) in [6.45, 7) is 0. The number of aliphatic carboxylic acids is 1. The number of halogens is 2. The molecule has 6 heteroatoms. The van der Waals surface area contributed by atoms with E-state index < -0.39 is 29.4 Å². The van der Waals surface area contributed by atoms with Crippen LogP contribution in [-0.4, -0.2) is 28.9 Å². The van der Waals surface area contributed by atoms with Gasteiger partial charge in [0.15, 0.2) is 5.78 Å². The Bertz CT molecular complexity index is 529. The molecule has 0 radical (unpaired) electrons. The van der Waals surface area contributed by atoms with Gasteiger partial charge in [0, 0.05) is 12.5 Å². The molecule has 1 aliphatic rings. The van der Waals surface area contributed by atoms with Gasteiger partial charge in [-0.3, -0.25) is 9.59 Å². The van der Waals surface area contributed by atoms with E-state index in [1.807, 2.05) is 0 Å². The normalized spacial score (nSPS) is 15.9.